The molecule has 2 aliphatic rings. The molecule has 2 aromatic heterocycles. The number of carbonyl (C=O) groups is 3. The van der Waals surface area contributed by atoms with Crippen LogP contribution in [-0.2, 0) is 25.8 Å². The summed E-state index contributed by atoms with van der Waals surface area (Å²) in [6, 6.07) is 2.45. The van der Waals surface area contributed by atoms with Gasteiger partial charge in [0, 0.05) is 28.9 Å². The quantitative estimate of drug-likeness (QED) is 0.196. The highest BCUT2D eigenvalue weighted by atomic mass is 35.5. The van der Waals surface area contributed by atoms with E-state index in [-0.39, 0.29) is 28.9 Å². The minimum atomic E-state index is -1.47. The van der Waals surface area contributed by atoms with Gasteiger partial charge in [-0.1, -0.05) is 16.8 Å². The minimum Gasteiger partial charge on any atom is -0.543 e. The van der Waals surface area contributed by atoms with Crippen LogP contribution in [-0.4, -0.2) is 62.0 Å². The molecule has 2 atom stereocenters. The number of pyridine rings is 1. The summed E-state index contributed by atoms with van der Waals surface area (Å²) >= 11 is 8.19. The number of carboxylic acids is 1. The normalized spacial score (nSPS) is 20.2. The second-order valence-corrected chi connectivity index (χ2v) is 9.20. The molecule has 33 heavy (non-hydrogen) atoms. The molecule has 0 spiro atoms. The number of nitrogens with zero attached hydrogens (tertiary/aromatic N) is 5. The average molecular weight is 510 g/mol. The third kappa shape index (κ3) is 4.49. The molecule has 4 rings (SSSR count). The number of nitrogens with one attached hydrogen (secondary N) is 1. The highest BCUT2D eigenvalue weighted by molar-refractivity contribution is 8.00. The van der Waals surface area contributed by atoms with Crippen LogP contribution in [0.25, 0.3) is 0 Å². The maximum atomic E-state index is 12.8. The van der Waals surface area contributed by atoms with E-state index in [0.717, 1.165) is 16.4 Å². The Balaban J connectivity index is 1.54. The molecule has 4 heterocycles. The van der Waals surface area contributed by atoms with Gasteiger partial charge in [0.15, 0.2) is 24.1 Å². The van der Waals surface area contributed by atoms with Gasteiger partial charge >= 0.3 is 0 Å². The van der Waals surface area contributed by atoms with E-state index < -0.39 is 29.2 Å². The number of hydrogen-bond donors (Lipinski definition) is 2. The smallest absolute Gasteiger partial charge is 0.278 e. The molecule has 12 nitrogen and oxygen atoms in total. The summed E-state index contributed by atoms with van der Waals surface area (Å²) in [5.74, 6) is -2.55. The first kappa shape index (κ1) is 22.9. The largest absolute Gasteiger partial charge is 0.543 e. The predicted octanol–water partition coefficient (Wildman–Crippen LogP) is -1.48. The molecule has 15 heteroatoms. The second kappa shape index (κ2) is 9.33. The fraction of sp³-hybridized carbons (Fsp3) is 0.278. The first-order valence-corrected chi connectivity index (χ1v) is 11.5. The van der Waals surface area contributed by atoms with E-state index in [2.05, 4.69) is 24.7 Å². The van der Waals surface area contributed by atoms with Crippen molar-refractivity contribution in [2.75, 3.05) is 18.6 Å². The van der Waals surface area contributed by atoms with Gasteiger partial charge in [0.05, 0.1) is 11.7 Å². The van der Waals surface area contributed by atoms with Crippen LogP contribution in [0.2, 0.25) is 5.02 Å². The number of carbonyl (C=O) groups excluding carboxylic acids is 3. The maximum absolute atomic E-state index is 12.8. The van der Waals surface area contributed by atoms with Crippen LogP contribution in [0.3, 0.4) is 0 Å². The van der Waals surface area contributed by atoms with E-state index in [1.807, 2.05) is 0 Å². The number of thioether (sulfide) groups is 1. The summed E-state index contributed by atoms with van der Waals surface area (Å²) < 4.78 is 5.64. The van der Waals surface area contributed by atoms with Crippen LogP contribution >= 0.6 is 34.9 Å². The second-order valence-electron chi connectivity index (χ2n) is 6.87. The fourth-order valence-corrected chi connectivity index (χ4v) is 5.39. The van der Waals surface area contributed by atoms with E-state index in [9.17, 15) is 19.5 Å². The highest BCUT2D eigenvalue weighted by Gasteiger charge is 2.53. The third-order valence-corrected chi connectivity index (χ3v) is 6.88. The Bertz CT molecular complexity index is 1200. The lowest BCUT2D eigenvalue weighted by atomic mass is 10.0. The van der Waals surface area contributed by atoms with E-state index in [1.54, 1.807) is 29.1 Å². The molecule has 2 amide bonds. The lowest BCUT2D eigenvalue weighted by molar-refractivity contribution is -0.689. The molecule has 0 aromatic carbocycles. The fourth-order valence-electron chi connectivity index (χ4n) is 3.42. The molecular formula is C18H16ClN7O5S2. The predicted molar refractivity (Wildman–Crippen MR) is 117 cm³/mol. The van der Waals surface area contributed by atoms with Gasteiger partial charge in [-0.3, -0.25) is 14.5 Å². The van der Waals surface area contributed by atoms with Gasteiger partial charge in [0.1, 0.15) is 23.5 Å². The minimum absolute atomic E-state index is 0.0482. The van der Waals surface area contributed by atoms with Gasteiger partial charge in [-0.25, -0.2) is 0 Å². The van der Waals surface area contributed by atoms with E-state index in [4.69, 9.17) is 17.3 Å². The Hall–Kier alpha value is -3.23. The van der Waals surface area contributed by atoms with Crippen LogP contribution in [0, 0.1) is 0 Å². The Morgan fingerprint density at radius 1 is 1.52 bits per heavy atom. The molecule has 2 aliphatic heterocycles. The van der Waals surface area contributed by atoms with E-state index in [1.165, 1.54) is 18.9 Å². The molecule has 2 aromatic rings. The van der Waals surface area contributed by atoms with Crippen LogP contribution < -0.4 is 20.7 Å². The van der Waals surface area contributed by atoms with Gasteiger partial charge in [-0.15, -0.1) is 11.8 Å². The number of anilines is 1. The number of aromatic nitrogens is 3. The van der Waals surface area contributed by atoms with Crippen LogP contribution in [0.15, 0.2) is 41.0 Å². The van der Waals surface area contributed by atoms with Gasteiger partial charge in [-0.2, -0.15) is 13.9 Å². The SMILES string of the molecule is CON=C(C(=O)NC1C(=O)N2C(C(=O)[O-])=C(C[n+]3cccc(Cl)c3)CS[C@@H]12)c1nsc(N)n1. The number of aliphatic carboxylic acids is 1. The lowest BCUT2D eigenvalue weighted by Crippen LogP contribution is -2.71. The van der Waals surface area contributed by atoms with Crippen LogP contribution in [0.5, 0.6) is 0 Å². The monoisotopic (exact) mass is 509 g/mol. The number of fused-ring (bicyclic) bond motifs is 1. The molecule has 3 N–H and O–H groups in total. The number of carboxylic acid groups (broad SMARTS) is 1. The summed E-state index contributed by atoms with van der Waals surface area (Å²) in [5.41, 5.74) is 5.58. The molecule has 0 radical (unpaired) electrons. The van der Waals surface area contributed by atoms with Gasteiger partial charge < -0.3 is 25.8 Å². The van der Waals surface area contributed by atoms with Crippen molar-refractivity contribution in [2.24, 2.45) is 5.16 Å². The molecule has 1 fully saturated rings. The Kier molecular flexibility index (Phi) is 6.49. The van der Waals surface area contributed by atoms with Gasteiger partial charge in [0.2, 0.25) is 11.5 Å². The van der Waals surface area contributed by atoms with E-state index >= 15 is 0 Å². The standard InChI is InChI=1S/C18H16ClN7O5S2/c1-31-23-10(13-22-18(20)33-24-13)14(27)21-11-15(28)26-12(17(29)30)8(7-32-16(11)26)5-25-4-2-3-9(19)6-25/h2-4,6,11,16H,5,7H2,1H3,(H3-,20,21,22,24,27,29,30)/t11?,16-/m0/s1. The first-order valence-electron chi connectivity index (χ1n) is 9.34. The topological polar surface area (TPSA) is 167 Å². The van der Waals surface area contributed by atoms with Crippen molar-refractivity contribution >= 4 is 63.5 Å². The molecule has 1 saturated heterocycles. The van der Waals surface area contributed by atoms with Crippen molar-refractivity contribution in [2.45, 2.75) is 18.0 Å². The van der Waals surface area contributed by atoms with Crippen molar-refractivity contribution in [1.82, 2.24) is 19.6 Å². The summed E-state index contributed by atoms with van der Waals surface area (Å²) in [6.07, 6.45) is 3.38. The molecule has 0 bridgehead atoms. The Morgan fingerprint density at radius 3 is 2.94 bits per heavy atom. The van der Waals surface area contributed by atoms with Crippen LogP contribution in [0.4, 0.5) is 5.13 Å². The molecule has 1 unspecified atom stereocenters. The van der Waals surface area contributed by atoms with Crippen molar-refractivity contribution in [3.05, 3.63) is 46.6 Å². The zero-order chi connectivity index (χ0) is 23.7. The maximum Gasteiger partial charge on any atom is 0.278 e. The van der Waals surface area contributed by atoms with Crippen molar-refractivity contribution in [3.8, 4) is 0 Å². The highest BCUT2D eigenvalue weighted by Crippen LogP contribution is 2.40. The zero-order valence-corrected chi connectivity index (χ0v) is 19.3. The van der Waals surface area contributed by atoms with Crippen molar-refractivity contribution in [1.29, 1.82) is 0 Å². The Morgan fingerprint density at radius 2 is 2.30 bits per heavy atom. The van der Waals surface area contributed by atoms with Crippen molar-refractivity contribution in [3.63, 3.8) is 0 Å². The third-order valence-electron chi connectivity index (χ3n) is 4.77. The lowest BCUT2D eigenvalue weighted by Gasteiger charge is -2.50. The van der Waals surface area contributed by atoms with Gasteiger partial charge in [-0.05, 0) is 6.07 Å². The van der Waals surface area contributed by atoms with E-state index in [0.29, 0.717) is 16.3 Å². The number of hydrogen-bond acceptors (Lipinski definition) is 11. The number of rotatable bonds is 7. The summed E-state index contributed by atoms with van der Waals surface area (Å²) in [6.45, 7) is 0.214. The van der Waals surface area contributed by atoms with Crippen molar-refractivity contribution < 1.29 is 28.9 Å². The molecular weight excluding hydrogens is 494 g/mol. The molecule has 0 aliphatic carbocycles. The number of amides is 2. The Labute approximate surface area is 200 Å². The number of nitrogens with two attached hydrogens (primary N) is 1. The van der Waals surface area contributed by atoms with Gasteiger partial charge in [0.25, 0.3) is 11.8 Å². The summed E-state index contributed by atoms with van der Waals surface area (Å²) in [4.78, 5) is 47.2. The zero-order valence-electron chi connectivity index (χ0n) is 16.9. The number of β-lactam (4-membered cyclic amide) rings is 1. The molecule has 172 valence electrons. The number of nitrogen functional groups attached to an aromatic ring is 1. The summed E-state index contributed by atoms with van der Waals surface area (Å²) in [5, 5.41) is 18.1. The first-order chi connectivity index (χ1) is 15.8. The molecule has 0 saturated carbocycles. The van der Waals surface area contributed by atoms with Crippen LogP contribution in [0.1, 0.15) is 5.82 Å². The average Bonchev–Trinajstić information content (AvgIpc) is 3.21. The number of oxime groups is 1. The summed E-state index contributed by atoms with van der Waals surface area (Å²) in [7, 11) is 1.24. The number of halogens is 1.